The summed E-state index contributed by atoms with van der Waals surface area (Å²) in [6.45, 7) is 0. The predicted molar refractivity (Wildman–Crippen MR) is 71.9 cm³/mol. The number of aromatic amines is 2. The molecule has 0 unspecified atom stereocenters. The van der Waals surface area contributed by atoms with Crippen LogP contribution in [0, 0.1) is 11.3 Å². The van der Waals surface area contributed by atoms with E-state index in [1.165, 1.54) is 18.2 Å². The molecule has 0 aliphatic heterocycles. The van der Waals surface area contributed by atoms with E-state index in [9.17, 15) is 10.2 Å². The van der Waals surface area contributed by atoms with E-state index in [2.05, 4.69) is 51.2 Å². The van der Waals surface area contributed by atoms with Crippen molar-refractivity contribution >= 4 is 23.2 Å². The van der Waals surface area contributed by atoms with Crippen molar-refractivity contribution in [3.05, 3.63) is 35.4 Å². The zero-order chi connectivity index (χ0) is 16.9. The van der Waals surface area contributed by atoms with Gasteiger partial charge in [0.2, 0.25) is 11.6 Å². The molecule has 0 aliphatic rings. The Morgan fingerprint density at radius 2 is 1.35 bits per heavy atom. The summed E-state index contributed by atoms with van der Waals surface area (Å²) in [6.07, 6.45) is 0. The normalized spacial score (nSPS) is 11.2. The number of H-pyrrole nitrogens is 2. The second kappa shape index (κ2) is 10.1. The minimum Gasteiger partial charge on any atom is -0.856 e. The molecule has 0 fully saturated rings. The van der Waals surface area contributed by atoms with Gasteiger partial charge in [-0.05, 0) is 28.6 Å². The van der Waals surface area contributed by atoms with Gasteiger partial charge < -0.3 is 10.2 Å². The van der Waals surface area contributed by atoms with Gasteiger partial charge in [0, 0.05) is 11.8 Å². The van der Waals surface area contributed by atoms with Gasteiger partial charge >= 0.3 is 59.1 Å². The molecule has 13 nitrogen and oxygen atoms in total. The molecule has 0 atom stereocenters. The molecular formula is C11H5N11Na2O2. The first-order valence-corrected chi connectivity index (χ1v) is 6.20. The van der Waals surface area contributed by atoms with E-state index in [0.717, 1.165) is 0 Å². The van der Waals surface area contributed by atoms with Crippen molar-refractivity contribution in [3.8, 4) is 6.07 Å². The number of hydrogen-bond acceptors (Lipinski definition) is 11. The maximum absolute atomic E-state index is 11.8. The number of rotatable bonds is 4. The topological polar surface area (TPSA) is 204 Å². The van der Waals surface area contributed by atoms with Crippen molar-refractivity contribution in [1.29, 1.82) is 5.26 Å². The molecule has 0 spiro atoms. The van der Waals surface area contributed by atoms with E-state index < -0.39 is 11.8 Å². The monoisotopic (exact) mass is 369 g/mol. The fourth-order valence-electron chi connectivity index (χ4n) is 1.63. The third kappa shape index (κ3) is 5.39. The van der Waals surface area contributed by atoms with E-state index in [4.69, 9.17) is 5.26 Å². The maximum atomic E-state index is 11.8. The Morgan fingerprint density at radius 1 is 0.885 bits per heavy atom. The first-order valence-electron chi connectivity index (χ1n) is 6.20. The molecule has 0 bridgehead atoms. The number of aliphatic imine (C=N–C) groups is 2. The third-order valence-corrected chi connectivity index (χ3v) is 2.57. The van der Waals surface area contributed by atoms with Crippen molar-refractivity contribution in [2.24, 2.45) is 9.98 Å². The second-order valence-corrected chi connectivity index (χ2v) is 4.15. The van der Waals surface area contributed by atoms with Crippen LogP contribution in [0.15, 0.2) is 28.2 Å². The van der Waals surface area contributed by atoms with Crippen LogP contribution in [-0.4, -0.2) is 53.0 Å². The Kier molecular flexibility index (Phi) is 8.45. The molecule has 0 amide bonds. The molecule has 2 heterocycles. The van der Waals surface area contributed by atoms with Crippen LogP contribution in [-0.2, 0) is 0 Å². The molecule has 0 saturated carbocycles. The predicted octanol–water partition coefficient (Wildman–Crippen LogP) is -8.53. The average molecular weight is 369 g/mol. The van der Waals surface area contributed by atoms with Crippen LogP contribution in [0.5, 0.6) is 0 Å². The van der Waals surface area contributed by atoms with Gasteiger partial charge in [-0.1, -0.05) is 0 Å². The molecular weight excluding hydrogens is 364 g/mol. The van der Waals surface area contributed by atoms with Gasteiger partial charge in [-0.2, -0.15) is 15.7 Å². The van der Waals surface area contributed by atoms with Crippen molar-refractivity contribution in [1.82, 2.24) is 41.2 Å². The van der Waals surface area contributed by atoms with Gasteiger partial charge in [0.05, 0.1) is 23.0 Å². The summed E-state index contributed by atoms with van der Waals surface area (Å²) in [4.78, 5) is 7.49. The fraction of sp³-hybridized carbons (Fsp3) is 0. The van der Waals surface area contributed by atoms with Crippen LogP contribution in [0.2, 0.25) is 0 Å². The zero-order valence-corrected chi connectivity index (χ0v) is 17.6. The smallest absolute Gasteiger partial charge is 0.856 e. The molecule has 0 radical (unpaired) electrons. The Morgan fingerprint density at radius 3 is 1.69 bits per heavy atom. The number of aromatic nitrogens is 8. The van der Waals surface area contributed by atoms with E-state index in [1.807, 2.05) is 6.07 Å². The average Bonchev–Trinajstić information content (AvgIpc) is 3.27. The molecule has 0 saturated heterocycles. The molecule has 1 aromatic carbocycles. The molecule has 2 aromatic heterocycles. The van der Waals surface area contributed by atoms with Crippen LogP contribution in [0.4, 0.5) is 11.4 Å². The summed E-state index contributed by atoms with van der Waals surface area (Å²) in [5.74, 6) is -2.01. The number of nitrogens with one attached hydrogen (secondary N) is 2. The molecule has 26 heavy (non-hydrogen) atoms. The number of hydrogen-bond donors (Lipinski definition) is 2. The number of nitrogens with zero attached hydrogens (tertiary/aromatic N) is 9. The van der Waals surface area contributed by atoms with Crippen LogP contribution < -0.4 is 69.3 Å². The minimum absolute atomic E-state index is 0. The Bertz CT molecular complexity index is 879. The van der Waals surface area contributed by atoms with Gasteiger partial charge in [0.25, 0.3) is 0 Å². The summed E-state index contributed by atoms with van der Waals surface area (Å²) < 4.78 is 0. The van der Waals surface area contributed by atoms with Gasteiger partial charge in [-0.3, -0.25) is 9.98 Å². The SMILES string of the molecule is N#Cc1cc(N=C([O-])c2nn[nH]n2)cc(N=C([O-])c2nn[nH]n2)c1.[Na+].[Na+]. The van der Waals surface area contributed by atoms with E-state index in [0.29, 0.717) is 0 Å². The number of tetrazole rings is 2. The minimum atomic E-state index is -0.769. The van der Waals surface area contributed by atoms with Gasteiger partial charge in [0.1, 0.15) is 0 Å². The van der Waals surface area contributed by atoms with Crippen LogP contribution in [0.25, 0.3) is 0 Å². The third-order valence-electron chi connectivity index (χ3n) is 2.57. The van der Waals surface area contributed by atoms with Gasteiger partial charge in [-0.15, -0.1) is 20.4 Å². The van der Waals surface area contributed by atoms with Gasteiger partial charge in [-0.25, -0.2) is 0 Å². The van der Waals surface area contributed by atoms with Crippen molar-refractivity contribution < 1.29 is 69.3 Å². The van der Waals surface area contributed by atoms with Crippen LogP contribution in [0.3, 0.4) is 0 Å². The molecule has 15 heteroatoms. The Balaban J connectivity index is 0.00000169. The Labute approximate surface area is 189 Å². The first-order chi connectivity index (χ1) is 11.7. The first kappa shape index (κ1) is 21.8. The van der Waals surface area contributed by atoms with E-state index in [1.54, 1.807) is 0 Å². The second-order valence-electron chi connectivity index (χ2n) is 4.15. The summed E-state index contributed by atoms with van der Waals surface area (Å²) in [5.41, 5.74) is 0.351. The summed E-state index contributed by atoms with van der Waals surface area (Å²) >= 11 is 0. The molecule has 3 rings (SSSR count). The number of benzene rings is 1. The summed E-state index contributed by atoms with van der Waals surface area (Å²) in [6, 6.07) is 5.90. The van der Waals surface area contributed by atoms with Crippen molar-refractivity contribution in [2.45, 2.75) is 0 Å². The van der Waals surface area contributed by atoms with Gasteiger partial charge in [0.15, 0.2) is 0 Å². The van der Waals surface area contributed by atoms with Crippen LogP contribution >= 0.6 is 0 Å². The van der Waals surface area contributed by atoms with Crippen molar-refractivity contribution in [3.63, 3.8) is 0 Å². The summed E-state index contributed by atoms with van der Waals surface area (Å²) in [7, 11) is 0. The van der Waals surface area contributed by atoms with E-state index >= 15 is 0 Å². The molecule has 2 N–H and O–H groups in total. The molecule has 3 aromatic rings. The maximum Gasteiger partial charge on any atom is 1.00 e. The summed E-state index contributed by atoms with van der Waals surface area (Å²) in [5, 5.41) is 57.4. The van der Waals surface area contributed by atoms with E-state index in [-0.39, 0.29) is 87.7 Å². The molecule has 118 valence electrons. The van der Waals surface area contributed by atoms with Crippen molar-refractivity contribution in [2.75, 3.05) is 0 Å². The quantitative estimate of drug-likeness (QED) is 0.254. The fourth-order valence-corrected chi connectivity index (χ4v) is 1.63. The number of nitriles is 1. The zero-order valence-electron chi connectivity index (χ0n) is 13.6. The standard InChI is InChI=1S/C11H7N11O2.2Na/c12-4-5-1-6(13-10(23)8-15-19-20-16-8)3-7(2-5)14-11(24)9-17-21-22-18-9;;/h1-3H,(H,13,23)(H,14,24)(H,15,16,19,20)(H,17,18,21,22);;/q;2*+1/p-2. The van der Waals surface area contributed by atoms with Crippen LogP contribution in [0.1, 0.15) is 17.2 Å². The molecule has 0 aliphatic carbocycles. The largest absolute Gasteiger partial charge is 1.00 e. The Hall–Kier alpha value is -2.21.